The van der Waals surface area contributed by atoms with Gasteiger partial charge in [-0.2, -0.15) is 0 Å². The van der Waals surface area contributed by atoms with Gasteiger partial charge in [-0.1, -0.05) is 25.1 Å². The van der Waals surface area contributed by atoms with Crippen LogP contribution in [0.2, 0.25) is 0 Å². The molecular formula is C17H26N2. The number of nitrogens with one attached hydrogen (secondary N) is 1. The summed E-state index contributed by atoms with van der Waals surface area (Å²) in [5.41, 5.74) is 2.89. The molecule has 1 saturated heterocycles. The highest BCUT2D eigenvalue weighted by Gasteiger charge is 2.22. The molecule has 0 spiro atoms. The van der Waals surface area contributed by atoms with Gasteiger partial charge in [-0.05, 0) is 62.9 Å². The van der Waals surface area contributed by atoms with Gasteiger partial charge in [-0.25, -0.2) is 0 Å². The molecule has 0 aliphatic carbocycles. The van der Waals surface area contributed by atoms with Crippen LogP contribution in [0.4, 0.5) is 5.69 Å². The molecule has 1 N–H and O–H groups in total. The van der Waals surface area contributed by atoms with Crippen LogP contribution in [-0.2, 0) is 0 Å². The number of para-hydroxylation sites is 1. The average molecular weight is 258 g/mol. The van der Waals surface area contributed by atoms with E-state index in [0.29, 0.717) is 0 Å². The highest BCUT2D eigenvalue weighted by molar-refractivity contribution is 5.57. The second-order valence-electron chi connectivity index (χ2n) is 6.33. The number of benzene rings is 1. The highest BCUT2D eigenvalue weighted by Crippen LogP contribution is 2.33. The maximum Gasteiger partial charge on any atom is 0.0376 e. The maximum absolute atomic E-state index is 3.54. The van der Waals surface area contributed by atoms with E-state index in [4.69, 9.17) is 0 Å². The van der Waals surface area contributed by atoms with Crippen molar-refractivity contribution in [2.24, 2.45) is 5.92 Å². The molecule has 1 aromatic carbocycles. The van der Waals surface area contributed by atoms with Crippen LogP contribution in [-0.4, -0.2) is 31.1 Å². The minimum Gasteiger partial charge on any atom is -0.384 e. The molecule has 0 saturated carbocycles. The molecular weight excluding hydrogens is 232 g/mol. The van der Waals surface area contributed by atoms with E-state index in [1.54, 1.807) is 0 Å². The standard InChI is InChI=1S/C17H26N2/c1-14-5-4-10-19(11-8-14)12-9-15-13-18-17-7-3-2-6-16(15)17/h2-3,6-7,14-15,18H,4-5,8-13H2,1H3. The Morgan fingerprint density at radius 1 is 1.21 bits per heavy atom. The smallest absolute Gasteiger partial charge is 0.0376 e. The molecule has 1 fully saturated rings. The van der Waals surface area contributed by atoms with Gasteiger partial charge in [0, 0.05) is 18.2 Å². The van der Waals surface area contributed by atoms with Crippen molar-refractivity contribution in [1.29, 1.82) is 0 Å². The summed E-state index contributed by atoms with van der Waals surface area (Å²) in [4.78, 5) is 2.68. The van der Waals surface area contributed by atoms with Crippen molar-refractivity contribution in [3.05, 3.63) is 29.8 Å². The van der Waals surface area contributed by atoms with Gasteiger partial charge in [-0.15, -0.1) is 0 Å². The zero-order chi connectivity index (χ0) is 13.1. The zero-order valence-electron chi connectivity index (χ0n) is 12.1. The lowest BCUT2D eigenvalue weighted by molar-refractivity contribution is 0.272. The molecule has 2 heteroatoms. The van der Waals surface area contributed by atoms with Gasteiger partial charge >= 0.3 is 0 Å². The fourth-order valence-electron chi connectivity index (χ4n) is 3.50. The second kappa shape index (κ2) is 5.96. The molecule has 104 valence electrons. The van der Waals surface area contributed by atoms with Gasteiger partial charge in [0.2, 0.25) is 0 Å². The number of rotatable bonds is 3. The van der Waals surface area contributed by atoms with Crippen LogP contribution < -0.4 is 5.32 Å². The van der Waals surface area contributed by atoms with Gasteiger partial charge in [0.25, 0.3) is 0 Å². The number of anilines is 1. The molecule has 2 aliphatic heterocycles. The Balaban J connectivity index is 1.53. The van der Waals surface area contributed by atoms with Gasteiger partial charge in [0.05, 0.1) is 0 Å². The Bertz CT molecular complexity index is 415. The molecule has 0 bridgehead atoms. The van der Waals surface area contributed by atoms with E-state index in [-0.39, 0.29) is 0 Å². The Labute approximate surface area is 117 Å². The lowest BCUT2D eigenvalue weighted by Crippen LogP contribution is -2.27. The van der Waals surface area contributed by atoms with E-state index < -0.39 is 0 Å². The monoisotopic (exact) mass is 258 g/mol. The van der Waals surface area contributed by atoms with Crippen LogP contribution in [0, 0.1) is 5.92 Å². The first-order chi connectivity index (χ1) is 9.33. The third-order valence-electron chi connectivity index (χ3n) is 4.84. The molecule has 2 aliphatic rings. The van der Waals surface area contributed by atoms with Crippen molar-refractivity contribution in [2.45, 2.75) is 38.5 Å². The lowest BCUT2D eigenvalue weighted by atomic mass is 9.98. The van der Waals surface area contributed by atoms with Crippen molar-refractivity contribution in [3.8, 4) is 0 Å². The summed E-state index contributed by atoms with van der Waals surface area (Å²) in [6.07, 6.45) is 5.50. The minimum absolute atomic E-state index is 0.719. The number of likely N-dealkylation sites (tertiary alicyclic amines) is 1. The van der Waals surface area contributed by atoms with Crippen LogP contribution in [0.25, 0.3) is 0 Å². The van der Waals surface area contributed by atoms with Crippen LogP contribution in [0.1, 0.15) is 44.1 Å². The fourth-order valence-corrected chi connectivity index (χ4v) is 3.50. The van der Waals surface area contributed by atoms with E-state index in [1.165, 1.54) is 56.6 Å². The van der Waals surface area contributed by atoms with Gasteiger partial charge in [-0.3, -0.25) is 0 Å². The number of hydrogen-bond acceptors (Lipinski definition) is 2. The Morgan fingerprint density at radius 2 is 2.11 bits per heavy atom. The largest absolute Gasteiger partial charge is 0.384 e. The number of fused-ring (bicyclic) bond motifs is 1. The summed E-state index contributed by atoms with van der Waals surface area (Å²) in [5.74, 6) is 1.65. The summed E-state index contributed by atoms with van der Waals surface area (Å²) in [6, 6.07) is 8.81. The normalized spacial score (nSPS) is 27.6. The molecule has 2 nitrogen and oxygen atoms in total. The maximum atomic E-state index is 3.54. The number of hydrogen-bond donors (Lipinski definition) is 1. The minimum atomic E-state index is 0.719. The first-order valence-electron chi connectivity index (χ1n) is 7.88. The summed E-state index contributed by atoms with van der Waals surface area (Å²) >= 11 is 0. The van der Waals surface area contributed by atoms with Gasteiger partial charge in [0.15, 0.2) is 0 Å². The molecule has 0 aromatic heterocycles. The SMILES string of the molecule is CC1CCCN(CCC2CNc3ccccc32)CC1. The van der Waals surface area contributed by atoms with Crippen LogP contribution in [0.15, 0.2) is 24.3 Å². The quantitative estimate of drug-likeness (QED) is 0.889. The average Bonchev–Trinajstić information content (AvgIpc) is 2.73. The molecule has 0 amide bonds. The third kappa shape index (κ3) is 3.11. The van der Waals surface area contributed by atoms with E-state index >= 15 is 0 Å². The van der Waals surface area contributed by atoms with E-state index in [2.05, 4.69) is 41.4 Å². The summed E-state index contributed by atoms with van der Waals surface area (Å²) in [7, 11) is 0. The highest BCUT2D eigenvalue weighted by atomic mass is 15.1. The summed E-state index contributed by atoms with van der Waals surface area (Å²) in [5, 5.41) is 3.54. The zero-order valence-corrected chi connectivity index (χ0v) is 12.1. The molecule has 1 aromatic rings. The van der Waals surface area contributed by atoms with Crippen molar-refractivity contribution >= 4 is 5.69 Å². The van der Waals surface area contributed by atoms with Gasteiger partial charge < -0.3 is 10.2 Å². The molecule has 2 unspecified atom stereocenters. The van der Waals surface area contributed by atoms with Crippen molar-refractivity contribution in [1.82, 2.24) is 4.90 Å². The Morgan fingerprint density at radius 3 is 3.05 bits per heavy atom. The van der Waals surface area contributed by atoms with Gasteiger partial charge in [0.1, 0.15) is 0 Å². The molecule has 2 atom stereocenters. The second-order valence-corrected chi connectivity index (χ2v) is 6.33. The van der Waals surface area contributed by atoms with E-state index in [1.807, 2.05) is 0 Å². The predicted octanol–water partition coefficient (Wildman–Crippen LogP) is 3.71. The third-order valence-corrected chi connectivity index (χ3v) is 4.84. The molecule has 3 rings (SSSR count). The van der Waals surface area contributed by atoms with E-state index in [9.17, 15) is 0 Å². The number of nitrogens with zero attached hydrogens (tertiary/aromatic N) is 1. The molecule has 19 heavy (non-hydrogen) atoms. The van der Waals surface area contributed by atoms with Crippen molar-refractivity contribution < 1.29 is 0 Å². The van der Waals surface area contributed by atoms with Crippen LogP contribution in [0.3, 0.4) is 0 Å². The fraction of sp³-hybridized carbons (Fsp3) is 0.647. The topological polar surface area (TPSA) is 15.3 Å². The summed E-state index contributed by atoms with van der Waals surface area (Å²) in [6.45, 7) is 7.42. The first-order valence-corrected chi connectivity index (χ1v) is 7.88. The Hall–Kier alpha value is -1.02. The lowest BCUT2D eigenvalue weighted by Gasteiger charge is -2.21. The first kappa shape index (κ1) is 13.0. The Kier molecular flexibility index (Phi) is 4.07. The molecule has 0 radical (unpaired) electrons. The van der Waals surface area contributed by atoms with Crippen LogP contribution >= 0.6 is 0 Å². The van der Waals surface area contributed by atoms with Crippen molar-refractivity contribution in [3.63, 3.8) is 0 Å². The molecule has 2 heterocycles. The van der Waals surface area contributed by atoms with Crippen LogP contribution in [0.5, 0.6) is 0 Å². The van der Waals surface area contributed by atoms with E-state index in [0.717, 1.165) is 18.4 Å². The summed E-state index contributed by atoms with van der Waals surface area (Å²) < 4.78 is 0. The van der Waals surface area contributed by atoms with Crippen molar-refractivity contribution in [2.75, 3.05) is 31.5 Å². The predicted molar refractivity (Wildman–Crippen MR) is 81.7 cm³/mol.